The quantitative estimate of drug-likeness (QED) is 0.799. The summed E-state index contributed by atoms with van der Waals surface area (Å²) in [7, 11) is 0. The van der Waals surface area contributed by atoms with E-state index in [1.807, 2.05) is 39.8 Å². The summed E-state index contributed by atoms with van der Waals surface area (Å²) in [5.74, 6) is 0.683. The summed E-state index contributed by atoms with van der Waals surface area (Å²) in [6.07, 6.45) is 0. The molecule has 0 saturated heterocycles. The van der Waals surface area contributed by atoms with E-state index < -0.39 is 0 Å². The Morgan fingerprint density at radius 3 is 2.58 bits per heavy atom. The number of benzene rings is 1. The Kier molecular flexibility index (Phi) is 4.05. The molecular formula is C18H20N4O2. The third-order valence-electron chi connectivity index (χ3n) is 4.14. The van der Waals surface area contributed by atoms with Crippen LogP contribution in [0.1, 0.15) is 51.9 Å². The maximum absolute atomic E-state index is 12.8. The van der Waals surface area contributed by atoms with Gasteiger partial charge in [-0.15, -0.1) is 10.2 Å². The monoisotopic (exact) mass is 324 g/mol. The fourth-order valence-corrected chi connectivity index (χ4v) is 2.67. The number of pyridine rings is 1. The van der Waals surface area contributed by atoms with Gasteiger partial charge in [-0.05, 0) is 44.9 Å². The second kappa shape index (κ2) is 6.03. The third kappa shape index (κ3) is 2.87. The molecule has 0 aliphatic carbocycles. The summed E-state index contributed by atoms with van der Waals surface area (Å²) in [5, 5.41) is 11.5. The van der Waals surface area contributed by atoms with Gasteiger partial charge in [-0.1, -0.05) is 12.1 Å². The number of hydrogen-bond donors (Lipinski definition) is 1. The largest absolute Gasteiger partial charge is 0.423 e. The highest BCUT2D eigenvalue weighted by molar-refractivity contribution is 6.07. The molecule has 2 aromatic heterocycles. The first-order chi connectivity index (χ1) is 11.4. The average Bonchev–Trinajstić information content (AvgIpc) is 2.97. The second-order valence-corrected chi connectivity index (χ2v) is 6.07. The van der Waals surface area contributed by atoms with Crippen molar-refractivity contribution in [2.75, 3.05) is 0 Å². The Labute approximate surface area is 140 Å². The molecule has 24 heavy (non-hydrogen) atoms. The van der Waals surface area contributed by atoms with Crippen LogP contribution in [-0.4, -0.2) is 21.1 Å². The highest BCUT2D eigenvalue weighted by atomic mass is 16.4. The predicted molar refractivity (Wildman–Crippen MR) is 90.9 cm³/mol. The summed E-state index contributed by atoms with van der Waals surface area (Å²) in [4.78, 5) is 17.4. The maximum atomic E-state index is 12.8. The lowest BCUT2D eigenvalue weighted by molar-refractivity contribution is 0.0935. The minimum atomic E-state index is -0.367. The molecule has 0 radical (unpaired) electrons. The van der Waals surface area contributed by atoms with Crippen LogP contribution in [0.4, 0.5) is 0 Å². The molecule has 0 saturated carbocycles. The average molecular weight is 324 g/mol. The predicted octanol–water partition coefficient (Wildman–Crippen LogP) is 3.34. The SMILES string of the molecule is Cc1cc(C(=O)NC(C)c2nnc(C)o2)c2ccc(C)c(C)c2n1. The Hall–Kier alpha value is -2.76. The number of fused-ring (bicyclic) bond motifs is 1. The van der Waals surface area contributed by atoms with Crippen LogP contribution < -0.4 is 5.32 Å². The number of hydrogen-bond acceptors (Lipinski definition) is 5. The van der Waals surface area contributed by atoms with Crippen molar-refractivity contribution >= 4 is 16.8 Å². The van der Waals surface area contributed by atoms with Crippen molar-refractivity contribution < 1.29 is 9.21 Å². The van der Waals surface area contributed by atoms with Crippen molar-refractivity contribution in [1.29, 1.82) is 0 Å². The van der Waals surface area contributed by atoms with Gasteiger partial charge >= 0.3 is 0 Å². The third-order valence-corrected chi connectivity index (χ3v) is 4.14. The smallest absolute Gasteiger partial charge is 0.252 e. The minimum Gasteiger partial charge on any atom is -0.423 e. The minimum absolute atomic E-state index is 0.183. The molecule has 0 aliphatic rings. The zero-order chi connectivity index (χ0) is 17.4. The zero-order valence-electron chi connectivity index (χ0n) is 14.5. The summed E-state index contributed by atoms with van der Waals surface area (Å²) in [5.41, 5.74) is 4.51. The molecule has 0 bridgehead atoms. The van der Waals surface area contributed by atoms with Gasteiger partial charge in [-0.25, -0.2) is 0 Å². The van der Waals surface area contributed by atoms with Gasteiger partial charge in [0, 0.05) is 18.0 Å². The van der Waals surface area contributed by atoms with E-state index >= 15 is 0 Å². The molecule has 0 aliphatic heterocycles. The molecule has 1 amide bonds. The van der Waals surface area contributed by atoms with Crippen LogP contribution in [-0.2, 0) is 0 Å². The van der Waals surface area contributed by atoms with Crippen molar-refractivity contribution in [3.05, 3.63) is 52.4 Å². The maximum Gasteiger partial charge on any atom is 0.252 e. The lowest BCUT2D eigenvalue weighted by Gasteiger charge is -2.14. The number of aryl methyl sites for hydroxylation is 4. The number of amides is 1. The molecule has 6 heteroatoms. The first kappa shape index (κ1) is 16.1. The Bertz CT molecular complexity index is 930. The Balaban J connectivity index is 1.99. The van der Waals surface area contributed by atoms with Gasteiger partial charge in [0.1, 0.15) is 6.04 Å². The first-order valence-electron chi connectivity index (χ1n) is 7.85. The van der Waals surface area contributed by atoms with Crippen molar-refractivity contribution in [3.63, 3.8) is 0 Å². The number of nitrogens with one attached hydrogen (secondary N) is 1. The van der Waals surface area contributed by atoms with E-state index in [0.29, 0.717) is 17.3 Å². The number of aromatic nitrogens is 3. The number of carbonyl (C=O) groups is 1. The molecule has 124 valence electrons. The van der Waals surface area contributed by atoms with Gasteiger partial charge in [0.25, 0.3) is 5.91 Å². The van der Waals surface area contributed by atoms with Gasteiger partial charge < -0.3 is 9.73 Å². The topological polar surface area (TPSA) is 80.9 Å². The van der Waals surface area contributed by atoms with Crippen molar-refractivity contribution in [1.82, 2.24) is 20.5 Å². The van der Waals surface area contributed by atoms with Crippen LogP contribution in [0.5, 0.6) is 0 Å². The summed E-state index contributed by atoms with van der Waals surface area (Å²) in [6, 6.07) is 5.39. The van der Waals surface area contributed by atoms with Crippen molar-refractivity contribution in [2.24, 2.45) is 0 Å². The number of rotatable bonds is 3. The molecule has 0 fully saturated rings. The summed E-state index contributed by atoms with van der Waals surface area (Å²) < 4.78 is 5.38. The van der Waals surface area contributed by atoms with Gasteiger partial charge in [0.15, 0.2) is 0 Å². The summed E-state index contributed by atoms with van der Waals surface area (Å²) >= 11 is 0. The van der Waals surface area contributed by atoms with E-state index in [2.05, 4.69) is 20.5 Å². The Morgan fingerprint density at radius 2 is 1.92 bits per heavy atom. The fraction of sp³-hybridized carbons (Fsp3) is 0.333. The van der Waals surface area contributed by atoms with E-state index in [0.717, 1.165) is 27.7 Å². The molecule has 1 aromatic carbocycles. The highest BCUT2D eigenvalue weighted by Crippen LogP contribution is 2.24. The van der Waals surface area contributed by atoms with Crippen LogP contribution in [0, 0.1) is 27.7 Å². The zero-order valence-corrected chi connectivity index (χ0v) is 14.5. The van der Waals surface area contributed by atoms with E-state index in [1.165, 1.54) is 0 Å². The molecule has 0 spiro atoms. The molecule has 3 rings (SSSR count). The van der Waals surface area contributed by atoms with Gasteiger partial charge in [-0.2, -0.15) is 0 Å². The van der Waals surface area contributed by atoms with Crippen molar-refractivity contribution in [3.8, 4) is 0 Å². The highest BCUT2D eigenvalue weighted by Gasteiger charge is 2.19. The standard InChI is InChI=1S/C18H20N4O2/c1-9-6-7-14-15(8-10(2)19-16(14)11(9)3)17(23)20-12(4)18-22-21-13(5)24-18/h6-8,12H,1-5H3,(H,20,23). The first-order valence-corrected chi connectivity index (χ1v) is 7.85. The van der Waals surface area contributed by atoms with E-state index in [-0.39, 0.29) is 11.9 Å². The summed E-state index contributed by atoms with van der Waals surface area (Å²) in [6.45, 7) is 9.49. The van der Waals surface area contributed by atoms with Crippen LogP contribution in [0.15, 0.2) is 22.6 Å². The fourth-order valence-electron chi connectivity index (χ4n) is 2.67. The second-order valence-electron chi connectivity index (χ2n) is 6.07. The van der Waals surface area contributed by atoms with E-state index in [4.69, 9.17) is 4.42 Å². The molecule has 6 nitrogen and oxygen atoms in total. The molecule has 1 atom stereocenters. The van der Waals surface area contributed by atoms with Crippen LogP contribution in [0.25, 0.3) is 10.9 Å². The van der Waals surface area contributed by atoms with Crippen molar-refractivity contribution in [2.45, 2.75) is 40.7 Å². The normalized spacial score (nSPS) is 12.4. The van der Waals surface area contributed by atoms with Gasteiger partial charge in [-0.3, -0.25) is 9.78 Å². The molecule has 2 heterocycles. The van der Waals surface area contributed by atoms with Gasteiger partial charge in [0.05, 0.1) is 11.1 Å². The van der Waals surface area contributed by atoms with Gasteiger partial charge in [0.2, 0.25) is 11.8 Å². The lowest BCUT2D eigenvalue weighted by Crippen LogP contribution is -2.27. The van der Waals surface area contributed by atoms with E-state index in [1.54, 1.807) is 13.0 Å². The molecular weight excluding hydrogens is 304 g/mol. The van der Waals surface area contributed by atoms with Crippen LogP contribution in [0.2, 0.25) is 0 Å². The number of carbonyl (C=O) groups excluding carboxylic acids is 1. The Morgan fingerprint density at radius 1 is 1.17 bits per heavy atom. The van der Waals surface area contributed by atoms with E-state index in [9.17, 15) is 4.79 Å². The lowest BCUT2D eigenvalue weighted by atomic mass is 10.0. The van der Waals surface area contributed by atoms with Crippen LogP contribution >= 0.6 is 0 Å². The molecule has 3 aromatic rings. The van der Waals surface area contributed by atoms with Crippen LogP contribution in [0.3, 0.4) is 0 Å². The number of nitrogens with zero attached hydrogens (tertiary/aromatic N) is 3. The molecule has 1 N–H and O–H groups in total. The molecule has 1 unspecified atom stereocenters.